The summed E-state index contributed by atoms with van der Waals surface area (Å²) in [4.78, 5) is 15.3. The molecular weight excluding hydrogens is 278 g/mol. The van der Waals surface area contributed by atoms with Crippen LogP contribution in [-0.4, -0.2) is 29.1 Å². The molecule has 1 aromatic carbocycles. The quantitative estimate of drug-likeness (QED) is 0.775. The molecule has 2 nitrogen and oxygen atoms in total. The maximum Gasteiger partial charge on any atom is 0.223 e. The number of carbonyl (C=O) groups excluding carboxylic acids is 1. The van der Waals surface area contributed by atoms with Crippen molar-refractivity contribution in [1.29, 1.82) is 0 Å². The van der Waals surface area contributed by atoms with Crippen molar-refractivity contribution in [2.45, 2.75) is 43.5 Å². The average Bonchev–Trinajstić information content (AvgIpc) is 2.41. The standard InChI is InChI=1S/C15H20ClNOS/c1-12-6-4-5-10-17(12)15(18)9-11-19-14-8-3-2-7-13(14)16/h2-3,7-8,12H,4-6,9-11H2,1H3. The highest BCUT2D eigenvalue weighted by Gasteiger charge is 2.22. The highest BCUT2D eigenvalue weighted by atomic mass is 35.5. The van der Waals surface area contributed by atoms with Gasteiger partial charge in [-0.3, -0.25) is 4.79 Å². The van der Waals surface area contributed by atoms with Crippen molar-refractivity contribution < 1.29 is 4.79 Å². The molecule has 2 rings (SSSR count). The van der Waals surface area contributed by atoms with Gasteiger partial charge in [0.1, 0.15) is 0 Å². The molecule has 104 valence electrons. The lowest BCUT2D eigenvalue weighted by atomic mass is 10.0. The number of piperidine rings is 1. The van der Waals surface area contributed by atoms with Crippen molar-refractivity contribution in [2.24, 2.45) is 0 Å². The van der Waals surface area contributed by atoms with Crippen molar-refractivity contribution >= 4 is 29.3 Å². The predicted molar refractivity (Wildman–Crippen MR) is 81.8 cm³/mol. The number of nitrogens with zero attached hydrogens (tertiary/aromatic N) is 1. The third-order valence-corrected chi connectivity index (χ3v) is 5.05. The first kappa shape index (κ1) is 14.7. The number of likely N-dealkylation sites (tertiary alicyclic amines) is 1. The average molecular weight is 298 g/mol. The minimum absolute atomic E-state index is 0.284. The number of thioether (sulfide) groups is 1. The maximum absolute atomic E-state index is 12.2. The molecule has 0 bridgehead atoms. The fraction of sp³-hybridized carbons (Fsp3) is 0.533. The summed E-state index contributed by atoms with van der Waals surface area (Å²) in [5.41, 5.74) is 0. The summed E-state index contributed by atoms with van der Waals surface area (Å²) >= 11 is 7.76. The van der Waals surface area contributed by atoms with Crippen molar-refractivity contribution in [1.82, 2.24) is 4.90 Å². The number of rotatable bonds is 4. The summed E-state index contributed by atoms with van der Waals surface area (Å²) in [6.45, 7) is 3.08. The molecule has 0 saturated carbocycles. The van der Waals surface area contributed by atoms with Gasteiger partial charge < -0.3 is 4.90 Å². The molecule has 1 fully saturated rings. The molecule has 19 heavy (non-hydrogen) atoms. The second-order valence-corrected chi connectivity index (χ2v) is 6.50. The number of carbonyl (C=O) groups is 1. The van der Waals surface area contributed by atoms with Gasteiger partial charge in [0.2, 0.25) is 5.91 Å². The van der Waals surface area contributed by atoms with Crippen LogP contribution in [0.3, 0.4) is 0 Å². The van der Waals surface area contributed by atoms with Crippen LogP contribution in [0.5, 0.6) is 0 Å². The molecule has 0 N–H and O–H groups in total. The van der Waals surface area contributed by atoms with Crippen molar-refractivity contribution in [3.63, 3.8) is 0 Å². The van der Waals surface area contributed by atoms with E-state index in [9.17, 15) is 4.79 Å². The van der Waals surface area contributed by atoms with E-state index in [1.54, 1.807) is 11.8 Å². The first-order valence-corrected chi connectivity index (χ1v) is 8.21. The number of hydrogen-bond acceptors (Lipinski definition) is 2. The summed E-state index contributed by atoms with van der Waals surface area (Å²) < 4.78 is 0. The fourth-order valence-electron chi connectivity index (χ4n) is 2.42. The Morgan fingerprint density at radius 1 is 1.42 bits per heavy atom. The molecule has 1 unspecified atom stereocenters. The van der Waals surface area contributed by atoms with Crippen LogP contribution in [0.25, 0.3) is 0 Å². The normalized spacial score (nSPS) is 19.5. The topological polar surface area (TPSA) is 20.3 Å². The Kier molecular flexibility index (Phi) is 5.59. The molecule has 4 heteroatoms. The lowest BCUT2D eigenvalue weighted by Gasteiger charge is -2.33. The molecule has 1 aliphatic heterocycles. The van der Waals surface area contributed by atoms with Crippen molar-refractivity contribution in [3.8, 4) is 0 Å². The second-order valence-electron chi connectivity index (χ2n) is 4.96. The minimum atomic E-state index is 0.284. The van der Waals surface area contributed by atoms with Crippen LogP contribution in [0.4, 0.5) is 0 Å². The van der Waals surface area contributed by atoms with E-state index in [0.29, 0.717) is 12.5 Å². The largest absolute Gasteiger partial charge is 0.340 e. The number of amides is 1. The summed E-state index contributed by atoms with van der Waals surface area (Å²) in [6.07, 6.45) is 4.14. The lowest BCUT2D eigenvalue weighted by Crippen LogP contribution is -2.42. The number of halogens is 1. The van der Waals surface area contributed by atoms with Gasteiger partial charge in [0.05, 0.1) is 5.02 Å². The number of benzene rings is 1. The maximum atomic E-state index is 12.2. The van der Waals surface area contributed by atoms with Crippen molar-refractivity contribution in [3.05, 3.63) is 29.3 Å². The van der Waals surface area contributed by atoms with Crippen LogP contribution in [0.1, 0.15) is 32.6 Å². The summed E-state index contributed by atoms with van der Waals surface area (Å²) in [7, 11) is 0. The SMILES string of the molecule is CC1CCCCN1C(=O)CCSc1ccccc1Cl. The van der Waals surface area contributed by atoms with Gasteiger partial charge in [-0.2, -0.15) is 0 Å². The molecule has 0 aromatic heterocycles. The summed E-state index contributed by atoms with van der Waals surface area (Å²) in [5.74, 6) is 1.08. The third kappa shape index (κ3) is 4.15. The summed E-state index contributed by atoms with van der Waals surface area (Å²) in [5, 5.41) is 0.770. The molecule has 0 aliphatic carbocycles. The van der Waals surface area contributed by atoms with Gasteiger partial charge in [-0.1, -0.05) is 23.7 Å². The zero-order valence-electron chi connectivity index (χ0n) is 11.3. The van der Waals surface area contributed by atoms with Crippen LogP contribution in [0.15, 0.2) is 29.2 Å². The van der Waals surface area contributed by atoms with E-state index in [-0.39, 0.29) is 5.91 Å². The van der Waals surface area contributed by atoms with E-state index >= 15 is 0 Å². The Hall–Kier alpha value is -0.670. The Balaban J connectivity index is 1.79. The molecule has 1 atom stereocenters. The first-order chi connectivity index (χ1) is 9.18. The highest BCUT2D eigenvalue weighted by Crippen LogP contribution is 2.27. The van der Waals surface area contributed by atoms with Gasteiger partial charge in [-0.25, -0.2) is 0 Å². The van der Waals surface area contributed by atoms with Gasteiger partial charge in [0.25, 0.3) is 0 Å². The Morgan fingerprint density at radius 3 is 2.95 bits per heavy atom. The second kappa shape index (κ2) is 7.20. The van der Waals surface area contributed by atoms with Crippen molar-refractivity contribution in [2.75, 3.05) is 12.3 Å². The van der Waals surface area contributed by atoms with E-state index in [2.05, 4.69) is 6.92 Å². The summed E-state index contributed by atoms with van der Waals surface area (Å²) in [6, 6.07) is 8.20. The molecule has 1 aliphatic rings. The Labute approximate surface area is 124 Å². The molecule has 0 radical (unpaired) electrons. The van der Waals surface area contributed by atoms with E-state index in [4.69, 9.17) is 11.6 Å². The monoisotopic (exact) mass is 297 g/mol. The van der Waals surface area contributed by atoms with Crippen LogP contribution in [-0.2, 0) is 4.79 Å². The molecule has 1 aromatic rings. The Morgan fingerprint density at radius 2 is 2.21 bits per heavy atom. The highest BCUT2D eigenvalue weighted by molar-refractivity contribution is 7.99. The van der Waals surface area contributed by atoms with Gasteiger partial charge in [0.15, 0.2) is 0 Å². The Bertz CT molecular complexity index is 438. The molecule has 1 amide bonds. The van der Waals surface area contributed by atoms with E-state index in [1.165, 1.54) is 6.42 Å². The fourth-order valence-corrected chi connectivity index (χ4v) is 3.60. The third-order valence-electron chi connectivity index (χ3n) is 3.53. The predicted octanol–water partition coefficient (Wildman–Crippen LogP) is 4.22. The van der Waals surface area contributed by atoms with Gasteiger partial charge in [-0.15, -0.1) is 11.8 Å². The molecule has 1 heterocycles. The lowest BCUT2D eigenvalue weighted by molar-refractivity contribution is -0.133. The van der Waals surface area contributed by atoms with E-state index < -0.39 is 0 Å². The molecular formula is C15H20ClNOS. The van der Waals surface area contributed by atoms with Crippen LogP contribution >= 0.6 is 23.4 Å². The molecule has 0 spiro atoms. The zero-order chi connectivity index (χ0) is 13.7. The van der Waals surface area contributed by atoms with Gasteiger partial charge in [0, 0.05) is 29.7 Å². The van der Waals surface area contributed by atoms with Gasteiger partial charge >= 0.3 is 0 Å². The van der Waals surface area contributed by atoms with Crippen LogP contribution in [0.2, 0.25) is 5.02 Å². The minimum Gasteiger partial charge on any atom is -0.340 e. The van der Waals surface area contributed by atoms with Crippen LogP contribution in [0, 0.1) is 0 Å². The molecule has 1 saturated heterocycles. The number of hydrogen-bond donors (Lipinski definition) is 0. The van der Waals surface area contributed by atoms with E-state index in [1.807, 2.05) is 29.2 Å². The smallest absolute Gasteiger partial charge is 0.223 e. The van der Waals surface area contributed by atoms with Gasteiger partial charge in [-0.05, 0) is 38.3 Å². The first-order valence-electron chi connectivity index (χ1n) is 6.85. The van der Waals surface area contributed by atoms with Crippen LogP contribution < -0.4 is 0 Å². The van der Waals surface area contributed by atoms with E-state index in [0.717, 1.165) is 35.1 Å². The zero-order valence-corrected chi connectivity index (χ0v) is 12.8.